The summed E-state index contributed by atoms with van der Waals surface area (Å²) in [5, 5.41) is 13.5. The maximum Gasteiger partial charge on any atom is 0.336 e. The summed E-state index contributed by atoms with van der Waals surface area (Å²) in [6.07, 6.45) is 3.92. The molecule has 1 fully saturated rings. The van der Waals surface area contributed by atoms with Gasteiger partial charge in [-0.25, -0.2) is 4.79 Å². The van der Waals surface area contributed by atoms with E-state index in [-0.39, 0.29) is 0 Å². The van der Waals surface area contributed by atoms with Crippen molar-refractivity contribution in [3.8, 4) is 0 Å². The van der Waals surface area contributed by atoms with Gasteiger partial charge in [-0.05, 0) is 37.1 Å². The van der Waals surface area contributed by atoms with Gasteiger partial charge in [0, 0.05) is 43.3 Å². The lowest BCUT2D eigenvalue weighted by atomic mass is 10.0. The first-order valence-corrected chi connectivity index (χ1v) is 7.51. The number of H-pyrrole nitrogens is 1. The van der Waals surface area contributed by atoms with E-state index in [2.05, 4.69) is 15.2 Å². The number of rotatable bonds is 5. The number of nitrogens with one attached hydrogen (secondary N) is 2. The number of fused-ring (bicyclic) bond motifs is 1. The van der Waals surface area contributed by atoms with E-state index in [1.54, 1.807) is 12.1 Å². The van der Waals surface area contributed by atoms with Gasteiger partial charge in [-0.1, -0.05) is 6.07 Å². The minimum atomic E-state index is -0.858. The summed E-state index contributed by atoms with van der Waals surface area (Å²) >= 11 is 0. The van der Waals surface area contributed by atoms with E-state index < -0.39 is 5.97 Å². The van der Waals surface area contributed by atoms with Crippen molar-refractivity contribution in [2.45, 2.75) is 12.8 Å². The Labute approximate surface area is 124 Å². The standard InChI is InChI=1S/C16H21N3O2/c20-16(21)13-4-1-5-14-15(13)12(11-18-14)3-2-8-19-9-6-17-7-10-19/h1,4-5,11,17-18H,2-3,6-10H2,(H,20,21). The van der Waals surface area contributed by atoms with Crippen LogP contribution < -0.4 is 5.32 Å². The zero-order valence-electron chi connectivity index (χ0n) is 12.1. The smallest absolute Gasteiger partial charge is 0.336 e. The van der Waals surface area contributed by atoms with E-state index in [1.165, 1.54) is 0 Å². The van der Waals surface area contributed by atoms with Crippen LogP contribution in [-0.4, -0.2) is 53.7 Å². The molecule has 0 saturated carbocycles. The number of aromatic amines is 1. The Morgan fingerprint density at radius 2 is 2.10 bits per heavy atom. The van der Waals surface area contributed by atoms with Crippen LogP contribution in [0.2, 0.25) is 0 Å². The first-order chi connectivity index (χ1) is 10.3. The monoisotopic (exact) mass is 287 g/mol. The number of nitrogens with zero attached hydrogens (tertiary/aromatic N) is 1. The van der Waals surface area contributed by atoms with Crippen LogP contribution in [0.5, 0.6) is 0 Å². The fraction of sp³-hybridized carbons (Fsp3) is 0.438. The van der Waals surface area contributed by atoms with Gasteiger partial charge < -0.3 is 20.3 Å². The van der Waals surface area contributed by atoms with Gasteiger partial charge in [0.05, 0.1) is 5.56 Å². The normalized spacial score (nSPS) is 16.4. The molecule has 2 aromatic rings. The zero-order valence-corrected chi connectivity index (χ0v) is 12.1. The highest BCUT2D eigenvalue weighted by atomic mass is 16.4. The molecule has 112 valence electrons. The van der Waals surface area contributed by atoms with E-state index in [1.807, 2.05) is 12.3 Å². The minimum absolute atomic E-state index is 0.394. The summed E-state index contributed by atoms with van der Waals surface area (Å²) in [7, 11) is 0. The average Bonchev–Trinajstić information content (AvgIpc) is 2.91. The molecule has 0 unspecified atom stereocenters. The van der Waals surface area contributed by atoms with Gasteiger partial charge >= 0.3 is 5.97 Å². The zero-order chi connectivity index (χ0) is 14.7. The molecule has 0 bridgehead atoms. The second kappa shape index (κ2) is 6.28. The lowest BCUT2D eigenvalue weighted by Gasteiger charge is -2.27. The van der Waals surface area contributed by atoms with Crippen LogP contribution in [0.15, 0.2) is 24.4 Å². The lowest BCUT2D eigenvalue weighted by molar-refractivity contribution is 0.0699. The van der Waals surface area contributed by atoms with Crippen LogP contribution in [0.1, 0.15) is 22.3 Å². The molecule has 1 aromatic heterocycles. The number of aromatic carboxylic acids is 1. The molecule has 1 aliphatic rings. The number of aryl methyl sites for hydroxylation is 1. The second-order valence-electron chi connectivity index (χ2n) is 5.54. The molecule has 0 amide bonds. The predicted molar refractivity (Wildman–Crippen MR) is 82.9 cm³/mol. The first kappa shape index (κ1) is 14.1. The number of aromatic nitrogens is 1. The molecule has 1 aliphatic heterocycles. The van der Waals surface area contributed by atoms with Crippen molar-refractivity contribution in [2.24, 2.45) is 0 Å². The first-order valence-electron chi connectivity index (χ1n) is 7.51. The molecule has 0 aliphatic carbocycles. The third-order valence-electron chi connectivity index (χ3n) is 4.15. The molecule has 0 radical (unpaired) electrons. The molecular weight excluding hydrogens is 266 g/mol. The Kier molecular flexibility index (Phi) is 4.22. The van der Waals surface area contributed by atoms with Gasteiger partial charge in [0.1, 0.15) is 0 Å². The Bertz CT molecular complexity index is 629. The summed E-state index contributed by atoms with van der Waals surface area (Å²) in [6.45, 7) is 5.42. The molecule has 21 heavy (non-hydrogen) atoms. The Hall–Kier alpha value is -1.85. The molecular formula is C16H21N3O2. The van der Waals surface area contributed by atoms with Gasteiger partial charge in [0.25, 0.3) is 0 Å². The Morgan fingerprint density at radius 3 is 2.86 bits per heavy atom. The third-order valence-corrected chi connectivity index (χ3v) is 4.15. The van der Waals surface area contributed by atoms with Gasteiger partial charge in [0.2, 0.25) is 0 Å². The summed E-state index contributed by atoms with van der Waals surface area (Å²) in [5.74, 6) is -0.858. The number of hydrogen-bond donors (Lipinski definition) is 3. The Balaban J connectivity index is 1.70. The molecule has 0 spiro atoms. The van der Waals surface area contributed by atoms with Crippen LogP contribution in [0.25, 0.3) is 10.9 Å². The van der Waals surface area contributed by atoms with Gasteiger partial charge in [0.15, 0.2) is 0 Å². The highest BCUT2D eigenvalue weighted by Crippen LogP contribution is 2.24. The van der Waals surface area contributed by atoms with Crippen molar-refractivity contribution >= 4 is 16.9 Å². The van der Waals surface area contributed by atoms with Crippen molar-refractivity contribution in [3.63, 3.8) is 0 Å². The number of carboxylic acid groups (broad SMARTS) is 1. The largest absolute Gasteiger partial charge is 0.478 e. The van der Waals surface area contributed by atoms with E-state index in [0.717, 1.165) is 62.0 Å². The lowest BCUT2D eigenvalue weighted by Crippen LogP contribution is -2.43. The van der Waals surface area contributed by atoms with Crippen LogP contribution in [-0.2, 0) is 6.42 Å². The average molecular weight is 287 g/mol. The topological polar surface area (TPSA) is 68.4 Å². The van der Waals surface area contributed by atoms with Gasteiger partial charge in [-0.15, -0.1) is 0 Å². The van der Waals surface area contributed by atoms with Crippen molar-refractivity contribution in [3.05, 3.63) is 35.5 Å². The SMILES string of the molecule is O=C(O)c1cccc2[nH]cc(CCCN3CCNCC3)c12. The van der Waals surface area contributed by atoms with Crippen LogP contribution in [0.4, 0.5) is 0 Å². The fourth-order valence-corrected chi connectivity index (χ4v) is 3.06. The molecule has 5 heteroatoms. The van der Waals surface area contributed by atoms with E-state index >= 15 is 0 Å². The molecule has 0 atom stereocenters. The summed E-state index contributed by atoms with van der Waals surface area (Å²) in [6, 6.07) is 5.40. The highest BCUT2D eigenvalue weighted by Gasteiger charge is 2.14. The van der Waals surface area contributed by atoms with Crippen molar-refractivity contribution in [1.29, 1.82) is 0 Å². The molecule has 5 nitrogen and oxygen atoms in total. The second-order valence-corrected chi connectivity index (χ2v) is 5.54. The number of benzene rings is 1. The maximum absolute atomic E-state index is 11.4. The van der Waals surface area contributed by atoms with Crippen LogP contribution in [0, 0.1) is 0 Å². The van der Waals surface area contributed by atoms with Crippen molar-refractivity contribution in [2.75, 3.05) is 32.7 Å². The summed E-state index contributed by atoms with van der Waals surface area (Å²) in [5.41, 5.74) is 2.41. The van der Waals surface area contributed by atoms with E-state index in [0.29, 0.717) is 5.56 Å². The number of carbonyl (C=O) groups is 1. The predicted octanol–water partition coefficient (Wildman–Crippen LogP) is 1.70. The summed E-state index contributed by atoms with van der Waals surface area (Å²) in [4.78, 5) is 17.0. The van der Waals surface area contributed by atoms with Crippen molar-refractivity contribution < 1.29 is 9.90 Å². The Morgan fingerprint density at radius 1 is 1.29 bits per heavy atom. The molecule has 3 N–H and O–H groups in total. The minimum Gasteiger partial charge on any atom is -0.478 e. The third kappa shape index (κ3) is 3.09. The number of piperazine rings is 1. The molecule has 2 heterocycles. The van der Waals surface area contributed by atoms with Crippen LogP contribution in [0.3, 0.4) is 0 Å². The van der Waals surface area contributed by atoms with Crippen LogP contribution >= 0.6 is 0 Å². The molecule has 3 rings (SSSR count). The van der Waals surface area contributed by atoms with Crippen molar-refractivity contribution in [1.82, 2.24) is 15.2 Å². The quantitative estimate of drug-likeness (QED) is 0.783. The fourth-order valence-electron chi connectivity index (χ4n) is 3.06. The highest BCUT2D eigenvalue weighted by molar-refractivity contribution is 6.04. The number of hydrogen-bond acceptors (Lipinski definition) is 3. The molecule has 1 saturated heterocycles. The van der Waals surface area contributed by atoms with E-state index in [9.17, 15) is 9.90 Å². The summed E-state index contributed by atoms with van der Waals surface area (Å²) < 4.78 is 0. The number of carboxylic acids is 1. The van der Waals surface area contributed by atoms with Gasteiger partial charge in [-0.2, -0.15) is 0 Å². The molecule has 1 aromatic carbocycles. The van der Waals surface area contributed by atoms with E-state index in [4.69, 9.17) is 0 Å². The van der Waals surface area contributed by atoms with Gasteiger partial charge in [-0.3, -0.25) is 0 Å². The maximum atomic E-state index is 11.4.